The molecule has 0 amide bonds. The highest BCUT2D eigenvalue weighted by molar-refractivity contribution is 6.64. The van der Waals surface area contributed by atoms with E-state index in [0.717, 1.165) is 5.95 Å². The normalized spacial score (nSPS) is 10.2. The van der Waals surface area contributed by atoms with Crippen LogP contribution in [0.1, 0.15) is 40.5 Å². The molecule has 90 valence electrons. The molecule has 0 rings (SSSR count). The van der Waals surface area contributed by atoms with Crippen LogP contribution in [0.25, 0.3) is 0 Å². The first kappa shape index (κ1) is 14.6. The number of rotatable bonds is 9. The molecule has 0 atom stereocenters. The molecule has 0 fully saturated rings. The van der Waals surface area contributed by atoms with Crippen LogP contribution in [0.4, 0.5) is 0 Å². The van der Waals surface area contributed by atoms with Crippen LogP contribution in [0.2, 0.25) is 12.1 Å². The van der Waals surface area contributed by atoms with Gasteiger partial charge in [-0.1, -0.05) is 38.8 Å². The van der Waals surface area contributed by atoms with Gasteiger partial charge in [-0.3, -0.25) is 0 Å². The van der Waals surface area contributed by atoms with Gasteiger partial charge in [0.25, 0.3) is 5.95 Å². The lowest BCUT2D eigenvalue weighted by Crippen LogP contribution is -2.11. The van der Waals surface area contributed by atoms with Gasteiger partial charge in [-0.15, -0.1) is 0 Å². The van der Waals surface area contributed by atoms with Crippen LogP contribution in [0, 0.1) is 0 Å². The lowest BCUT2D eigenvalue weighted by molar-refractivity contribution is 0.0474. The Kier molecular flexibility index (Phi) is 9.79. The standard InChI is InChI=1S/C12H26O2Si/c1-5-9-15(10-6-2)11-12(13-7-3)14-8-4/h11,15H,5-10H2,1-4H3. The second kappa shape index (κ2) is 10.1. The molecule has 0 aromatic carbocycles. The molecule has 0 radical (unpaired) electrons. The molecule has 0 aliphatic rings. The fraction of sp³-hybridized carbons (Fsp3) is 0.833. The van der Waals surface area contributed by atoms with Crippen molar-refractivity contribution < 1.29 is 9.47 Å². The zero-order valence-corrected chi connectivity index (χ0v) is 11.9. The molecular weight excluding hydrogens is 204 g/mol. The first-order valence-electron chi connectivity index (χ1n) is 6.25. The maximum atomic E-state index is 5.48. The fourth-order valence-corrected chi connectivity index (χ4v) is 4.35. The average Bonchev–Trinajstić information content (AvgIpc) is 2.19. The molecule has 0 saturated heterocycles. The van der Waals surface area contributed by atoms with Crippen molar-refractivity contribution in [3.63, 3.8) is 0 Å². The minimum absolute atomic E-state index is 0.700. The highest BCUT2D eigenvalue weighted by atomic mass is 28.3. The van der Waals surface area contributed by atoms with Gasteiger partial charge in [0.2, 0.25) is 0 Å². The number of ether oxygens (including phenoxy) is 2. The van der Waals surface area contributed by atoms with Crippen molar-refractivity contribution in [2.75, 3.05) is 13.2 Å². The Labute approximate surface area is 96.3 Å². The third kappa shape index (κ3) is 7.48. The van der Waals surface area contributed by atoms with Gasteiger partial charge in [0.15, 0.2) is 0 Å². The summed E-state index contributed by atoms with van der Waals surface area (Å²) >= 11 is 0. The van der Waals surface area contributed by atoms with Gasteiger partial charge in [0.05, 0.1) is 22.0 Å². The fourth-order valence-electron chi connectivity index (χ4n) is 1.67. The summed E-state index contributed by atoms with van der Waals surface area (Å²) in [6.45, 7) is 9.91. The maximum absolute atomic E-state index is 5.48. The van der Waals surface area contributed by atoms with Crippen molar-refractivity contribution in [1.29, 1.82) is 0 Å². The second-order valence-corrected chi connectivity index (χ2v) is 6.70. The van der Waals surface area contributed by atoms with Gasteiger partial charge >= 0.3 is 0 Å². The topological polar surface area (TPSA) is 18.5 Å². The van der Waals surface area contributed by atoms with Crippen LogP contribution < -0.4 is 0 Å². The van der Waals surface area contributed by atoms with Crippen molar-refractivity contribution in [2.45, 2.75) is 52.6 Å². The van der Waals surface area contributed by atoms with Crippen molar-refractivity contribution in [1.82, 2.24) is 0 Å². The summed E-state index contributed by atoms with van der Waals surface area (Å²) in [5.74, 6) is 0.776. The lowest BCUT2D eigenvalue weighted by Gasteiger charge is -2.13. The Morgan fingerprint density at radius 3 is 1.73 bits per heavy atom. The molecule has 2 nitrogen and oxygen atoms in total. The van der Waals surface area contributed by atoms with Crippen LogP contribution in [0.15, 0.2) is 11.6 Å². The van der Waals surface area contributed by atoms with Gasteiger partial charge in [0.1, 0.15) is 0 Å². The third-order valence-electron chi connectivity index (χ3n) is 2.26. The summed E-state index contributed by atoms with van der Waals surface area (Å²) in [5, 5.41) is 0. The molecular formula is C12H26O2Si. The monoisotopic (exact) mass is 230 g/mol. The summed E-state index contributed by atoms with van der Waals surface area (Å²) < 4.78 is 11.0. The van der Waals surface area contributed by atoms with Gasteiger partial charge in [-0.05, 0) is 19.5 Å². The molecule has 0 bridgehead atoms. The van der Waals surface area contributed by atoms with E-state index in [4.69, 9.17) is 9.47 Å². The molecule has 0 aliphatic carbocycles. The largest absolute Gasteiger partial charge is 0.466 e. The third-order valence-corrected chi connectivity index (χ3v) is 5.65. The van der Waals surface area contributed by atoms with E-state index in [1.807, 2.05) is 13.8 Å². The van der Waals surface area contributed by atoms with E-state index in [1.165, 1.54) is 24.9 Å². The van der Waals surface area contributed by atoms with Crippen LogP contribution in [-0.2, 0) is 9.47 Å². The van der Waals surface area contributed by atoms with Crippen LogP contribution >= 0.6 is 0 Å². The minimum atomic E-state index is -0.767. The van der Waals surface area contributed by atoms with Crippen LogP contribution in [0.5, 0.6) is 0 Å². The summed E-state index contributed by atoms with van der Waals surface area (Å²) in [6, 6.07) is 2.72. The summed E-state index contributed by atoms with van der Waals surface area (Å²) in [5.41, 5.74) is 2.29. The maximum Gasteiger partial charge on any atom is 0.270 e. The van der Waals surface area contributed by atoms with Crippen molar-refractivity contribution >= 4 is 8.80 Å². The lowest BCUT2D eigenvalue weighted by atomic mass is 10.6. The van der Waals surface area contributed by atoms with E-state index in [1.54, 1.807) is 0 Å². The summed E-state index contributed by atoms with van der Waals surface area (Å²) in [6.07, 6.45) is 2.55. The summed E-state index contributed by atoms with van der Waals surface area (Å²) in [4.78, 5) is 0. The quantitative estimate of drug-likeness (QED) is 0.446. The molecule has 3 heteroatoms. The van der Waals surface area contributed by atoms with E-state index in [0.29, 0.717) is 13.2 Å². The van der Waals surface area contributed by atoms with Crippen LogP contribution in [0.3, 0.4) is 0 Å². The van der Waals surface area contributed by atoms with Crippen LogP contribution in [-0.4, -0.2) is 22.0 Å². The zero-order valence-electron chi connectivity index (χ0n) is 10.7. The molecule has 0 aromatic heterocycles. The molecule has 0 N–H and O–H groups in total. The SMILES string of the molecule is CCC[SiH](C=C(OCC)OCC)CCC. The van der Waals surface area contributed by atoms with E-state index in [9.17, 15) is 0 Å². The highest BCUT2D eigenvalue weighted by Crippen LogP contribution is 2.11. The first-order chi connectivity index (χ1) is 7.28. The van der Waals surface area contributed by atoms with Gasteiger partial charge < -0.3 is 9.47 Å². The van der Waals surface area contributed by atoms with Gasteiger partial charge in [-0.2, -0.15) is 0 Å². The molecule has 15 heavy (non-hydrogen) atoms. The number of hydrogen-bond acceptors (Lipinski definition) is 2. The van der Waals surface area contributed by atoms with E-state index in [-0.39, 0.29) is 0 Å². The second-order valence-electron chi connectivity index (χ2n) is 3.69. The Bertz CT molecular complexity index is 155. The Hall–Kier alpha value is -0.443. The van der Waals surface area contributed by atoms with E-state index in [2.05, 4.69) is 19.5 Å². The Morgan fingerprint density at radius 1 is 0.933 bits per heavy atom. The molecule has 0 spiro atoms. The van der Waals surface area contributed by atoms with Gasteiger partial charge in [-0.25, -0.2) is 0 Å². The van der Waals surface area contributed by atoms with Crippen molar-refractivity contribution in [3.8, 4) is 0 Å². The Balaban J connectivity index is 4.27. The number of hydrogen-bond donors (Lipinski definition) is 0. The smallest absolute Gasteiger partial charge is 0.270 e. The molecule has 0 heterocycles. The highest BCUT2D eigenvalue weighted by Gasteiger charge is 2.08. The van der Waals surface area contributed by atoms with Crippen molar-refractivity contribution in [2.24, 2.45) is 0 Å². The average molecular weight is 230 g/mol. The predicted molar refractivity (Wildman–Crippen MR) is 68.7 cm³/mol. The van der Waals surface area contributed by atoms with E-state index >= 15 is 0 Å². The molecule has 0 saturated carbocycles. The first-order valence-corrected chi connectivity index (χ1v) is 8.55. The van der Waals surface area contributed by atoms with Crippen molar-refractivity contribution in [3.05, 3.63) is 11.6 Å². The summed E-state index contributed by atoms with van der Waals surface area (Å²) in [7, 11) is -0.767. The van der Waals surface area contributed by atoms with E-state index < -0.39 is 8.80 Å². The minimum Gasteiger partial charge on any atom is -0.466 e. The zero-order chi connectivity index (χ0) is 11.5. The van der Waals surface area contributed by atoms with Gasteiger partial charge in [0, 0.05) is 0 Å². The predicted octanol–water partition coefficient (Wildman–Crippen LogP) is 3.49. The Morgan fingerprint density at radius 2 is 1.40 bits per heavy atom. The molecule has 0 aromatic rings. The molecule has 0 unspecified atom stereocenters. The molecule has 0 aliphatic heterocycles.